The quantitative estimate of drug-likeness (QED) is 0.799. The predicted molar refractivity (Wildman–Crippen MR) is 70.7 cm³/mol. The summed E-state index contributed by atoms with van der Waals surface area (Å²) < 4.78 is 0. The molecular formula is C15H27NO. The van der Waals surface area contributed by atoms with E-state index in [9.17, 15) is 4.79 Å². The van der Waals surface area contributed by atoms with Crippen LogP contribution >= 0.6 is 0 Å². The van der Waals surface area contributed by atoms with Crippen LogP contribution in [0.25, 0.3) is 0 Å². The Bertz CT molecular complexity index is 248. The van der Waals surface area contributed by atoms with Crippen LogP contribution in [0.4, 0.5) is 0 Å². The Labute approximate surface area is 106 Å². The van der Waals surface area contributed by atoms with E-state index in [0.717, 1.165) is 24.7 Å². The smallest absolute Gasteiger partial charge is 0.223 e. The van der Waals surface area contributed by atoms with Crippen molar-refractivity contribution in [3.63, 3.8) is 0 Å². The van der Waals surface area contributed by atoms with Crippen LogP contribution in [0.1, 0.15) is 65.2 Å². The van der Waals surface area contributed by atoms with Gasteiger partial charge < -0.3 is 5.32 Å². The summed E-state index contributed by atoms with van der Waals surface area (Å²) in [7, 11) is 0. The highest BCUT2D eigenvalue weighted by Crippen LogP contribution is 2.31. The summed E-state index contributed by atoms with van der Waals surface area (Å²) in [6.45, 7) is 4.64. The molecule has 2 rings (SSSR count). The first-order valence-electron chi connectivity index (χ1n) is 7.47. The summed E-state index contributed by atoms with van der Waals surface area (Å²) >= 11 is 0. The molecular weight excluding hydrogens is 210 g/mol. The van der Waals surface area contributed by atoms with Crippen molar-refractivity contribution >= 4 is 5.91 Å². The normalized spacial score (nSPS) is 30.8. The molecule has 98 valence electrons. The monoisotopic (exact) mass is 237 g/mol. The Kier molecular flexibility index (Phi) is 4.47. The summed E-state index contributed by atoms with van der Waals surface area (Å²) in [6.07, 6.45) is 9.72. The second kappa shape index (κ2) is 5.88. The first-order valence-corrected chi connectivity index (χ1v) is 7.47. The number of carbonyl (C=O) groups is 1. The van der Waals surface area contributed by atoms with E-state index < -0.39 is 0 Å². The van der Waals surface area contributed by atoms with Crippen molar-refractivity contribution in [1.29, 1.82) is 0 Å². The summed E-state index contributed by atoms with van der Waals surface area (Å²) in [5, 5.41) is 3.28. The van der Waals surface area contributed by atoms with E-state index in [1.54, 1.807) is 0 Å². The molecule has 0 heterocycles. The minimum atomic E-state index is 0.331. The van der Waals surface area contributed by atoms with Crippen LogP contribution in [0.2, 0.25) is 0 Å². The molecule has 0 aromatic carbocycles. The standard InChI is InChI=1S/C15H27NO/c1-11(2)12-7-9-14(10-8-12)16-15(17)13-5-3-4-6-13/h11-14H,3-10H2,1-2H3,(H,16,17). The van der Waals surface area contributed by atoms with Crippen LogP contribution in [0.3, 0.4) is 0 Å². The Morgan fingerprint density at radius 3 is 2.12 bits per heavy atom. The van der Waals surface area contributed by atoms with Gasteiger partial charge in [0.05, 0.1) is 0 Å². The second-order valence-corrected chi connectivity index (χ2v) is 6.35. The molecule has 2 aliphatic carbocycles. The Morgan fingerprint density at radius 2 is 1.59 bits per heavy atom. The fourth-order valence-electron chi connectivity index (χ4n) is 3.44. The highest BCUT2D eigenvalue weighted by Gasteiger charge is 2.27. The van der Waals surface area contributed by atoms with Crippen molar-refractivity contribution in [2.45, 2.75) is 71.3 Å². The van der Waals surface area contributed by atoms with Gasteiger partial charge in [-0.3, -0.25) is 4.79 Å². The van der Waals surface area contributed by atoms with Crippen LogP contribution in [0.5, 0.6) is 0 Å². The first kappa shape index (κ1) is 12.9. The first-order chi connectivity index (χ1) is 8.16. The third-order valence-corrected chi connectivity index (χ3v) is 4.79. The zero-order valence-corrected chi connectivity index (χ0v) is 11.4. The highest BCUT2D eigenvalue weighted by atomic mass is 16.1. The Morgan fingerprint density at radius 1 is 1.00 bits per heavy atom. The number of rotatable bonds is 3. The van der Waals surface area contributed by atoms with E-state index in [1.807, 2.05) is 0 Å². The molecule has 0 saturated heterocycles. The van der Waals surface area contributed by atoms with Crippen molar-refractivity contribution in [1.82, 2.24) is 5.32 Å². The van der Waals surface area contributed by atoms with Gasteiger partial charge in [0.25, 0.3) is 0 Å². The van der Waals surface area contributed by atoms with Gasteiger partial charge in [0.15, 0.2) is 0 Å². The lowest BCUT2D eigenvalue weighted by molar-refractivity contribution is -0.125. The molecule has 1 N–H and O–H groups in total. The summed E-state index contributed by atoms with van der Waals surface area (Å²) in [5.74, 6) is 2.37. The molecule has 2 aliphatic rings. The number of nitrogens with one attached hydrogen (secondary N) is 1. The van der Waals surface area contributed by atoms with E-state index in [-0.39, 0.29) is 0 Å². The third-order valence-electron chi connectivity index (χ3n) is 4.79. The number of hydrogen-bond acceptors (Lipinski definition) is 1. The van der Waals surface area contributed by atoms with Gasteiger partial charge in [-0.2, -0.15) is 0 Å². The second-order valence-electron chi connectivity index (χ2n) is 6.35. The predicted octanol–water partition coefficient (Wildman–Crippen LogP) is 3.51. The third kappa shape index (κ3) is 3.46. The molecule has 0 unspecified atom stereocenters. The number of hydrogen-bond donors (Lipinski definition) is 1. The van der Waals surface area contributed by atoms with Crippen molar-refractivity contribution in [2.75, 3.05) is 0 Å². The highest BCUT2D eigenvalue weighted by molar-refractivity contribution is 5.79. The van der Waals surface area contributed by atoms with Crippen molar-refractivity contribution in [3.8, 4) is 0 Å². The van der Waals surface area contributed by atoms with Gasteiger partial charge >= 0.3 is 0 Å². The number of carbonyl (C=O) groups excluding carboxylic acids is 1. The lowest BCUT2D eigenvalue weighted by Crippen LogP contribution is -2.40. The van der Waals surface area contributed by atoms with E-state index in [4.69, 9.17) is 0 Å². The molecule has 0 radical (unpaired) electrons. The van der Waals surface area contributed by atoms with Crippen LogP contribution in [-0.4, -0.2) is 11.9 Å². The van der Waals surface area contributed by atoms with Gasteiger partial charge in [0.1, 0.15) is 0 Å². The van der Waals surface area contributed by atoms with Gasteiger partial charge in [-0.05, 0) is 50.4 Å². The Balaban J connectivity index is 1.72. The number of amides is 1. The lowest BCUT2D eigenvalue weighted by Gasteiger charge is -2.31. The summed E-state index contributed by atoms with van der Waals surface area (Å²) in [5.41, 5.74) is 0. The average molecular weight is 237 g/mol. The zero-order chi connectivity index (χ0) is 12.3. The van der Waals surface area contributed by atoms with E-state index in [0.29, 0.717) is 17.9 Å². The summed E-state index contributed by atoms with van der Waals surface area (Å²) in [4.78, 5) is 12.0. The van der Waals surface area contributed by atoms with Crippen molar-refractivity contribution in [2.24, 2.45) is 17.8 Å². The maximum absolute atomic E-state index is 12.0. The molecule has 0 aliphatic heterocycles. The van der Waals surface area contributed by atoms with Crippen LogP contribution in [0, 0.1) is 17.8 Å². The molecule has 1 amide bonds. The lowest BCUT2D eigenvalue weighted by atomic mass is 9.79. The fourth-order valence-corrected chi connectivity index (χ4v) is 3.44. The van der Waals surface area contributed by atoms with Crippen molar-refractivity contribution < 1.29 is 4.79 Å². The molecule has 0 spiro atoms. The fraction of sp³-hybridized carbons (Fsp3) is 0.933. The summed E-state index contributed by atoms with van der Waals surface area (Å²) in [6, 6.07) is 0.470. The van der Waals surface area contributed by atoms with E-state index in [1.165, 1.54) is 38.5 Å². The van der Waals surface area contributed by atoms with Gasteiger partial charge in [0, 0.05) is 12.0 Å². The average Bonchev–Trinajstić information content (AvgIpc) is 2.83. The van der Waals surface area contributed by atoms with Crippen molar-refractivity contribution in [3.05, 3.63) is 0 Å². The minimum Gasteiger partial charge on any atom is -0.353 e. The SMILES string of the molecule is CC(C)C1CCC(NC(=O)C2CCCC2)CC1. The van der Waals surface area contributed by atoms with Crippen LogP contribution in [0.15, 0.2) is 0 Å². The topological polar surface area (TPSA) is 29.1 Å². The molecule has 0 aromatic rings. The Hall–Kier alpha value is -0.530. The molecule has 2 saturated carbocycles. The molecule has 0 atom stereocenters. The van der Waals surface area contributed by atoms with Gasteiger partial charge in [-0.15, -0.1) is 0 Å². The largest absolute Gasteiger partial charge is 0.353 e. The van der Waals surface area contributed by atoms with E-state index in [2.05, 4.69) is 19.2 Å². The molecule has 17 heavy (non-hydrogen) atoms. The van der Waals surface area contributed by atoms with Crippen LogP contribution < -0.4 is 5.32 Å². The van der Waals surface area contributed by atoms with E-state index >= 15 is 0 Å². The molecule has 2 fully saturated rings. The maximum atomic E-state index is 12.0. The molecule has 0 bridgehead atoms. The maximum Gasteiger partial charge on any atom is 0.223 e. The molecule has 0 aromatic heterocycles. The molecule has 2 nitrogen and oxygen atoms in total. The zero-order valence-electron chi connectivity index (χ0n) is 11.4. The van der Waals surface area contributed by atoms with Crippen LogP contribution in [-0.2, 0) is 4.79 Å². The minimum absolute atomic E-state index is 0.331. The van der Waals surface area contributed by atoms with Gasteiger partial charge in [-0.25, -0.2) is 0 Å². The van der Waals surface area contributed by atoms with Gasteiger partial charge in [-0.1, -0.05) is 26.7 Å². The molecule has 2 heteroatoms. The van der Waals surface area contributed by atoms with Gasteiger partial charge in [0.2, 0.25) is 5.91 Å².